The second kappa shape index (κ2) is 9.27. The van der Waals surface area contributed by atoms with Gasteiger partial charge in [0.15, 0.2) is 16.8 Å². The van der Waals surface area contributed by atoms with Crippen LogP contribution in [0.2, 0.25) is 0 Å². The highest BCUT2D eigenvalue weighted by atomic mass is 32.2. The van der Waals surface area contributed by atoms with E-state index >= 15 is 0 Å². The van der Waals surface area contributed by atoms with E-state index in [-0.39, 0.29) is 11.0 Å². The Hall–Kier alpha value is -3.25. The van der Waals surface area contributed by atoms with Crippen molar-refractivity contribution >= 4 is 17.5 Å². The van der Waals surface area contributed by atoms with Crippen LogP contribution >= 0.6 is 11.8 Å². The molecule has 0 unspecified atom stereocenters. The van der Waals surface area contributed by atoms with Crippen molar-refractivity contribution in [2.24, 2.45) is 0 Å². The quantitative estimate of drug-likeness (QED) is 0.293. The van der Waals surface area contributed by atoms with Crippen molar-refractivity contribution in [3.05, 3.63) is 95.3 Å². The van der Waals surface area contributed by atoms with Crippen LogP contribution in [0.4, 0.5) is 0 Å². The molecule has 156 valence electrons. The summed E-state index contributed by atoms with van der Waals surface area (Å²) in [5, 5.41) is 9.32. The van der Waals surface area contributed by atoms with Crippen LogP contribution in [0.3, 0.4) is 0 Å². The number of carbonyl (C=O) groups excluding carboxylic acids is 1. The number of rotatable bonds is 7. The minimum atomic E-state index is -0.286. The van der Waals surface area contributed by atoms with Crippen molar-refractivity contribution in [1.29, 1.82) is 0 Å². The lowest BCUT2D eigenvalue weighted by molar-refractivity contribution is 0.0993. The zero-order chi connectivity index (χ0) is 21.8. The Labute approximate surface area is 186 Å². The molecule has 0 saturated heterocycles. The topological polar surface area (TPSA) is 60.7 Å². The Balaban J connectivity index is 1.65. The van der Waals surface area contributed by atoms with E-state index in [1.807, 2.05) is 62.4 Å². The van der Waals surface area contributed by atoms with Gasteiger partial charge < -0.3 is 0 Å². The second-order valence-corrected chi connectivity index (χ2v) is 8.85. The third kappa shape index (κ3) is 4.75. The first kappa shape index (κ1) is 21.0. The molecule has 31 heavy (non-hydrogen) atoms. The first-order valence-corrected chi connectivity index (χ1v) is 11.1. The SMILES string of the molecule is Cc1ccc(C(=O)[C@@H](C)Sc2nnc(-c3ccncc3)n2Cc2ccccc2)cc1C. The van der Waals surface area contributed by atoms with Crippen molar-refractivity contribution in [2.45, 2.75) is 37.7 Å². The molecule has 0 N–H and O–H groups in total. The van der Waals surface area contributed by atoms with Crippen molar-refractivity contribution in [3.63, 3.8) is 0 Å². The van der Waals surface area contributed by atoms with Gasteiger partial charge in [0.05, 0.1) is 11.8 Å². The van der Waals surface area contributed by atoms with Gasteiger partial charge in [-0.2, -0.15) is 0 Å². The van der Waals surface area contributed by atoms with E-state index in [2.05, 4.69) is 38.8 Å². The minimum absolute atomic E-state index is 0.0906. The summed E-state index contributed by atoms with van der Waals surface area (Å²) in [5.74, 6) is 0.854. The summed E-state index contributed by atoms with van der Waals surface area (Å²) in [4.78, 5) is 17.2. The number of ketones is 1. The van der Waals surface area contributed by atoms with Gasteiger partial charge in [0.2, 0.25) is 0 Å². The van der Waals surface area contributed by atoms with Gasteiger partial charge >= 0.3 is 0 Å². The molecule has 0 aliphatic rings. The van der Waals surface area contributed by atoms with Crippen molar-refractivity contribution in [1.82, 2.24) is 19.7 Å². The smallest absolute Gasteiger partial charge is 0.192 e. The number of aryl methyl sites for hydroxylation is 2. The number of nitrogens with zero attached hydrogens (tertiary/aromatic N) is 4. The number of carbonyl (C=O) groups is 1. The fourth-order valence-corrected chi connectivity index (χ4v) is 4.27. The molecule has 0 aliphatic heterocycles. The standard InChI is InChI=1S/C25H24N4OS/c1-17-9-10-22(15-18(17)2)23(30)19(3)31-25-28-27-24(21-11-13-26-14-12-21)29(25)16-20-7-5-4-6-8-20/h4-15,19H,16H2,1-3H3/t19-/m1/s1. The van der Waals surface area contributed by atoms with Gasteiger partial charge in [-0.3, -0.25) is 14.3 Å². The first-order valence-electron chi connectivity index (χ1n) is 10.2. The maximum Gasteiger partial charge on any atom is 0.192 e. The minimum Gasteiger partial charge on any atom is -0.298 e. The summed E-state index contributed by atoms with van der Waals surface area (Å²) in [6, 6.07) is 19.9. The Bertz CT molecular complexity index is 1190. The normalized spacial score (nSPS) is 12.0. The maximum atomic E-state index is 13.1. The molecule has 4 rings (SSSR count). The van der Waals surface area contributed by atoms with Gasteiger partial charge in [-0.15, -0.1) is 10.2 Å². The molecule has 0 saturated carbocycles. The predicted octanol–water partition coefficient (Wildman–Crippen LogP) is 5.37. The number of aromatic nitrogens is 4. The highest BCUT2D eigenvalue weighted by Crippen LogP contribution is 2.29. The lowest BCUT2D eigenvalue weighted by Gasteiger charge is -2.14. The molecule has 6 heteroatoms. The Morgan fingerprint density at radius 2 is 1.71 bits per heavy atom. The van der Waals surface area contributed by atoms with Crippen LogP contribution in [0, 0.1) is 13.8 Å². The van der Waals surface area contributed by atoms with Crippen molar-refractivity contribution in [3.8, 4) is 11.4 Å². The maximum absolute atomic E-state index is 13.1. The number of hydrogen-bond donors (Lipinski definition) is 0. The molecule has 0 amide bonds. The fourth-order valence-electron chi connectivity index (χ4n) is 3.34. The summed E-state index contributed by atoms with van der Waals surface area (Å²) in [6.45, 7) is 6.63. The molecule has 4 aromatic rings. The number of hydrogen-bond acceptors (Lipinski definition) is 5. The molecular formula is C25H24N4OS. The average molecular weight is 429 g/mol. The molecule has 2 aromatic heterocycles. The van der Waals surface area contributed by atoms with E-state index in [1.54, 1.807) is 12.4 Å². The van der Waals surface area contributed by atoms with E-state index in [9.17, 15) is 4.79 Å². The molecule has 1 atom stereocenters. The van der Waals surface area contributed by atoms with Gasteiger partial charge in [0.1, 0.15) is 0 Å². The highest BCUT2D eigenvalue weighted by molar-refractivity contribution is 8.00. The van der Waals surface area contributed by atoms with Crippen LogP contribution in [0.1, 0.15) is 34.0 Å². The van der Waals surface area contributed by atoms with E-state index in [4.69, 9.17) is 0 Å². The molecular weight excluding hydrogens is 404 g/mol. The largest absolute Gasteiger partial charge is 0.298 e. The zero-order valence-electron chi connectivity index (χ0n) is 17.8. The third-order valence-electron chi connectivity index (χ3n) is 5.28. The van der Waals surface area contributed by atoms with E-state index in [0.717, 1.165) is 33.2 Å². The van der Waals surface area contributed by atoms with Crippen LogP contribution < -0.4 is 0 Å². The van der Waals surface area contributed by atoms with Gasteiger partial charge in [-0.25, -0.2) is 0 Å². The molecule has 0 aliphatic carbocycles. The number of pyridine rings is 1. The van der Waals surface area contributed by atoms with Gasteiger partial charge in [0.25, 0.3) is 0 Å². The summed E-state index contributed by atoms with van der Waals surface area (Å²) in [7, 11) is 0. The third-order valence-corrected chi connectivity index (χ3v) is 6.36. The Morgan fingerprint density at radius 1 is 0.968 bits per heavy atom. The molecule has 0 radical (unpaired) electrons. The van der Waals surface area contributed by atoms with E-state index in [1.165, 1.54) is 17.3 Å². The van der Waals surface area contributed by atoms with Crippen LogP contribution in [-0.2, 0) is 6.54 Å². The first-order chi connectivity index (χ1) is 15.0. The molecule has 2 aromatic carbocycles. The Kier molecular flexibility index (Phi) is 6.28. The van der Waals surface area contributed by atoms with Gasteiger partial charge in [0, 0.05) is 23.5 Å². The molecule has 2 heterocycles. The van der Waals surface area contributed by atoms with Crippen molar-refractivity contribution < 1.29 is 4.79 Å². The zero-order valence-corrected chi connectivity index (χ0v) is 18.6. The van der Waals surface area contributed by atoms with Crippen LogP contribution in [0.15, 0.2) is 78.2 Å². The lowest BCUT2D eigenvalue weighted by atomic mass is 10.0. The van der Waals surface area contributed by atoms with E-state index < -0.39 is 0 Å². The van der Waals surface area contributed by atoms with Crippen LogP contribution in [-0.4, -0.2) is 30.8 Å². The summed E-state index contributed by atoms with van der Waals surface area (Å²) < 4.78 is 2.07. The van der Waals surface area contributed by atoms with Crippen LogP contribution in [0.25, 0.3) is 11.4 Å². The van der Waals surface area contributed by atoms with Crippen LogP contribution in [0.5, 0.6) is 0 Å². The number of Topliss-reactive ketones (excluding diaryl/α,β-unsaturated/α-hetero) is 1. The Morgan fingerprint density at radius 3 is 2.42 bits per heavy atom. The summed E-state index contributed by atoms with van der Waals surface area (Å²) in [6.07, 6.45) is 3.49. The molecule has 0 spiro atoms. The fraction of sp³-hybridized carbons (Fsp3) is 0.200. The van der Waals surface area contributed by atoms with Crippen molar-refractivity contribution in [2.75, 3.05) is 0 Å². The summed E-state index contributed by atoms with van der Waals surface area (Å²) >= 11 is 1.44. The number of benzene rings is 2. The monoisotopic (exact) mass is 428 g/mol. The van der Waals surface area contributed by atoms with E-state index in [0.29, 0.717) is 6.54 Å². The molecule has 5 nitrogen and oxygen atoms in total. The van der Waals surface area contributed by atoms with Gasteiger partial charge in [-0.05, 0) is 55.7 Å². The molecule has 0 fully saturated rings. The predicted molar refractivity (Wildman–Crippen MR) is 124 cm³/mol. The lowest BCUT2D eigenvalue weighted by Crippen LogP contribution is -2.15. The second-order valence-electron chi connectivity index (χ2n) is 7.54. The average Bonchev–Trinajstić information content (AvgIpc) is 3.18. The highest BCUT2D eigenvalue weighted by Gasteiger charge is 2.22. The van der Waals surface area contributed by atoms with Gasteiger partial charge in [-0.1, -0.05) is 54.2 Å². The summed E-state index contributed by atoms with van der Waals surface area (Å²) in [5.41, 5.74) is 5.12. The number of thioether (sulfide) groups is 1. The molecule has 0 bridgehead atoms.